The van der Waals surface area contributed by atoms with Gasteiger partial charge in [-0.1, -0.05) is 49.4 Å². The molecule has 7 heteroatoms. The molecule has 0 radical (unpaired) electrons. The zero-order valence-electron chi connectivity index (χ0n) is 15.7. The van der Waals surface area contributed by atoms with Crippen LogP contribution in [-0.2, 0) is 32.6 Å². The number of aryl methyl sites for hydroxylation is 1. The predicted molar refractivity (Wildman–Crippen MR) is 107 cm³/mol. The summed E-state index contributed by atoms with van der Waals surface area (Å²) in [5.74, 6) is -0.372. The van der Waals surface area contributed by atoms with Gasteiger partial charge in [-0.15, -0.1) is 0 Å². The molecule has 0 aliphatic carbocycles. The largest absolute Gasteiger partial charge is 0.375 e. The van der Waals surface area contributed by atoms with Gasteiger partial charge in [-0.3, -0.25) is 9.10 Å². The highest BCUT2D eigenvalue weighted by Crippen LogP contribution is 2.18. The number of ether oxygens (including phenoxy) is 1. The fraction of sp³-hybridized carbons (Fsp3) is 0.350. The van der Waals surface area contributed by atoms with E-state index in [0.717, 1.165) is 28.1 Å². The van der Waals surface area contributed by atoms with E-state index in [0.29, 0.717) is 25.4 Å². The van der Waals surface area contributed by atoms with Crippen molar-refractivity contribution in [2.45, 2.75) is 20.0 Å². The minimum Gasteiger partial charge on any atom is -0.375 e. The first kappa shape index (κ1) is 20.9. The molecule has 0 saturated carbocycles. The third kappa shape index (κ3) is 7.03. The van der Waals surface area contributed by atoms with Crippen LogP contribution in [0.1, 0.15) is 18.1 Å². The summed E-state index contributed by atoms with van der Waals surface area (Å²) in [4.78, 5) is 12.2. The average Bonchev–Trinajstić information content (AvgIpc) is 2.66. The number of rotatable bonds is 10. The lowest BCUT2D eigenvalue weighted by atomic mass is 10.1. The van der Waals surface area contributed by atoms with Crippen LogP contribution in [0.25, 0.3) is 0 Å². The zero-order chi connectivity index (χ0) is 19.7. The molecule has 2 rings (SSSR count). The highest BCUT2D eigenvalue weighted by atomic mass is 32.2. The monoisotopic (exact) mass is 390 g/mol. The molecule has 0 aromatic heterocycles. The summed E-state index contributed by atoms with van der Waals surface area (Å²) in [5.41, 5.74) is 2.64. The van der Waals surface area contributed by atoms with Gasteiger partial charge in [-0.25, -0.2) is 8.42 Å². The molecule has 0 fully saturated rings. The number of carbonyl (C=O) groups is 1. The summed E-state index contributed by atoms with van der Waals surface area (Å²) in [7, 11) is -3.56. The summed E-state index contributed by atoms with van der Waals surface area (Å²) >= 11 is 0. The number of sulfonamides is 1. The third-order valence-corrected chi connectivity index (χ3v) is 5.14. The van der Waals surface area contributed by atoms with Crippen molar-refractivity contribution in [1.82, 2.24) is 5.32 Å². The lowest BCUT2D eigenvalue weighted by Crippen LogP contribution is -2.41. The molecule has 2 aromatic rings. The third-order valence-electron chi connectivity index (χ3n) is 4.00. The molecule has 0 heterocycles. The summed E-state index contributed by atoms with van der Waals surface area (Å²) in [6.45, 7) is 2.90. The van der Waals surface area contributed by atoms with Crippen molar-refractivity contribution >= 4 is 21.6 Å². The van der Waals surface area contributed by atoms with Crippen LogP contribution in [0.15, 0.2) is 54.6 Å². The van der Waals surface area contributed by atoms with Crippen LogP contribution in [0.4, 0.5) is 5.69 Å². The molecule has 6 nitrogen and oxygen atoms in total. The topological polar surface area (TPSA) is 75.7 Å². The van der Waals surface area contributed by atoms with E-state index in [2.05, 4.69) is 5.32 Å². The number of carbonyl (C=O) groups excluding carboxylic acids is 1. The molecule has 146 valence electrons. The molecule has 0 saturated heterocycles. The molecule has 0 aliphatic heterocycles. The average molecular weight is 391 g/mol. The number of benzene rings is 2. The molecule has 0 spiro atoms. The maximum atomic E-state index is 12.2. The molecule has 0 aliphatic rings. The molecule has 0 unspecified atom stereocenters. The van der Waals surface area contributed by atoms with Crippen molar-refractivity contribution in [3.63, 3.8) is 0 Å². The van der Waals surface area contributed by atoms with Gasteiger partial charge in [0.25, 0.3) is 0 Å². The van der Waals surface area contributed by atoms with Crippen LogP contribution >= 0.6 is 0 Å². The Morgan fingerprint density at radius 3 is 2.30 bits per heavy atom. The van der Waals surface area contributed by atoms with Crippen LogP contribution in [-0.4, -0.2) is 40.3 Å². The van der Waals surface area contributed by atoms with Crippen molar-refractivity contribution in [3.05, 3.63) is 65.7 Å². The molecule has 0 bridgehead atoms. The van der Waals surface area contributed by atoms with Crippen LogP contribution in [0.5, 0.6) is 0 Å². The minimum absolute atomic E-state index is 0.261. The molecule has 1 amide bonds. The Morgan fingerprint density at radius 1 is 1.04 bits per heavy atom. The second-order valence-electron chi connectivity index (χ2n) is 6.18. The second-order valence-corrected chi connectivity index (χ2v) is 8.08. The van der Waals surface area contributed by atoms with Crippen molar-refractivity contribution in [2.24, 2.45) is 0 Å². The van der Waals surface area contributed by atoms with E-state index in [-0.39, 0.29) is 12.5 Å². The van der Waals surface area contributed by atoms with Crippen LogP contribution < -0.4 is 9.62 Å². The van der Waals surface area contributed by atoms with Gasteiger partial charge in [0.05, 0.1) is 25.2 Å². The zero-order valence-corrected chi connectivity index (χ0v) is 16.5. The minimum atomic E-state index is -3.56. The smallest absolute Gasteiger partial charge is 0.240 e. The maximum absolute atomic E-state index is 12.2. The van der Waals surface area contributed by atoms with Crippen LogP contribution in [0.3, 0.4) is 0 Å². The van der Waals surface area contributed by atoms with Crippen LogP contribution in [0, 0.1) is 0 Å². The Labute approximate surface area is 161 Å². The first-order chi connectivity index (χ1) is 12.9. The van der Waals surface area contributed by atoms with E-state index in [9.17, 15) is 13.2 Å². The van der Waals surface area contributed by atoms with E-state index in [4.69, 9.17) is 4.74 Å². The van der Waals surface area contributed by atoms with Gasteiger partial charge in [0, 0.05) is 6.54 Å². The second kappa shape index (κ2) is 10.1. The number of nitrogens with zero attached hydrogens (tertiary/aromatic N) is 1. The van der Waals surface area contributed by atoms with E-state index in [1.807, 2.05) is 49.4 Å². The Kier molecular flexibility index (Phi) is 7.82. The lowest BCUT2D eigenvalue weighted by molar-refractivity contribution is -0.119. The van der Waals surface area contributed by atoms with Gasteiger partial charge in [0.1, 0.15) is 6.54 Å². The number of anilines is 1. The number of amides is 1. The lowest BCUT2D eigenvalue weighted by Gasteiger charge is -2.22. The summed E-state index contributed by atoms with van der Waals surface area (Å²) in [6, 6.07) is 16.9. The normalized spacial score (nSPS) is 11.2. The molecular formula is C20H26N2O4S. The molecule has 0 atom stereocenters. The number of nitrogens with one attached hydrogen (secondary N) is 1. The fourth-order valence-electron chi connectivity index (χ4n) is 2.51. The Hall–Kier alpha value is -2.38. The van der Waals surface area contributed by atoms with Crippen molar-refractivity contribution in [3.8, 4) is 0 Å². The van der Waals surface area contributed by atoms with Crippen molar-refractivity contribution in [2.75, 3.05) is 30.3 Å². The van der Waals surface area contributed by atoms with Gasteiger partial charge in [-0.2, -0.15) is 0 Å². The van der Waals surface area contributed by atoms with Gasteiger partial charge < -0.3 is 10.1 Å². The standard InChI is InChI=1S/C20H26N2O4S/c1-3-17-9-11-19(12-10-17)22(27(2,24)25)15-20(23)21-13-14-26-16-18-7-5-4-6-8-18/h4-12H,3,13-16H2,1-2H3,(H,21,23). The van der Waals surface area contributed by atoms with Gasteiger partial charge >= 0.3 is 0 Å². The molecule has 1 N–H and O–H groups in total. The predicted octanol–water partition coefficient (Wildman–Crippen LogP) is 2.35. The summed E-state index contributed by atoms with van der Waals surface area (Å²) in [6.07, 6.45) is 1.96. The van der Waals surface area contributed by atoms with Crippen molar-refractivity contribution in [1.29, 1.82) is 0 Å². The quantitative estimate of drug-likeness (QED) is 0.632. The number of hydrogen-bond acceptors (Lipinski definition) is 4. The maximum Gasteiger partial charge on any atom is 0.240 e. The SMILES string of the molecule is CCc1ccc(N(CC(=O)NCCOCc2ccccc2)S(C)(=O)=O)cc1. The first-order valence-electron chi connectivity index (χ1n) is 8.85. The number of hydrogen-bond donors (Lipinski definition) is 1. The summed E-state index contributed by atoms with van der Waals surface area (Å²) < 4.78 is 30.8. The van der Waals surface area contributed by atoms with Gasteiger partial charge in [-0.05, 0) is 29.7 Å². The molecule has 27 heavy (non-hydrogen) atoms. The Balaban J connectivity index is 1.83. The van der Waals surface area contributed by atoms with E-state index in [1.54, 1.807) is 12.1 Å². The van der Waals surface area contributed by atoms with Gasteiger partial charge in [0.2, 0.25) is 15.9 Å². The Morgan fingerprint density at radius 2 is 1.70 bits per heavy atom. The Bertz CT molecular complexity index is 821. The highest BCUT2D eigenvalue weighted by Gasteiger charge is 2.20. The molecule has 2 aromatic carbocycles. The molecular weight excluding hydrogens is 364 g/mol. The first-order valence-corrected chi connectivity index (χ1v) is 10.7. The summed E-state index contributed by atoms with van der Waals surface area (Å²) in [5, 5.41) is 2.69. The van der Waals surface area contributed by atoms with E-state index in [1.165, 1.54) is 0 Å². The highest BCUT2D eigenvalue weighted by molar-refractivity contribution is 7.92. The van der Waals surface area contributed by atoms with E-state index >= 15 is 0 Å². The van der Waals surface area contributed by atoms with E-state index < -0.39 is 10.0 Å². The van der Waals surface area contributed by atoms with Gasteiger partial charge in [0.15, 0.2) is 0 Å². The van der Waals surface area contributed by atoms with Crippen LogP contribution in [0.2, 0.25) is 0 Å². The van der Waals surface area contributed by atoms with Crippen molar-refractivity contribution < 1.29 is 17.9 Å². The fourth-order valence-corrected chi connectivity index (χ4v) is 3.37.